The van der Waals surface area contributed by atoms with Gasteiger partial charge >= 0.3 is 0 Å². The highest BCUT2D eigenvalue weighted by molar-refractivity contribution is 6.15. The van der Waals surface area contributed by atoms with Gasteiger partial charge in [-0.25, -0.2) is 0 Å². The third-order valence-corrected chi connectivity index (χ3v) is 9.65. The normalized spacial score (nSPS) is 14.0. The average molecular weight is 645 g/mol. The van der Waals surface area contributed by atoms with Crippen molar-refractivity contribution >= 4 is 33.8 Å². The highest BCUT2D eigenvalue weighted by Gasteiger charge is 2.24. The average Bonchev–Trinajstić information content (AvgIpc) is 3.18. The zero-order valence-corrected chi connectivity index (χ0v) is 28.3. The molecule has 50 heavy (non-hydrogen) atoms. The van der Waals surface area contributed by atoms with Crippen molar-refractivity contribution in [2.24, 2.45) is 0 Å². The number of allylic oxidation sites excluding steroid dienone is 11. The van der Waals surface area contributed by atoms with Gasteiger partial charge in [0, 0.05) is 0 Å². The molecule has 2 aliphatic carbocycles. The lowest BCUT2D eigenvalue weighted by molar-refractivity contribution is 0.964. The Balaban J connectivity index is 1.37. The van der Waals surface area contributed by atoms with Gasteiger partial charge in [-0.1, -0.05) is 153 Å². The topological polar surface area (TPSA) is 47.7 Å². The largest absolute Gasteiger partial charge is 0.301 e. The highest BCUT2D eigenvalue weighted by Crippen LogP contribution is 2.46. The number of hydrogen-bond donors (Lipinski definition) is 2. The molecule has 2 aliphatic rings. The van der Waals surface area contributed by atoms with Gasteiger partial charge in [0.25, 0.3) is 0 Å². The summed E-state index contributed by atoms with van der Waals surface area (Å²) < 4.78 is 0. The van der Waals surface area contributed by atoms with Gasteiger partial charge in [-0.2, -0.15) is 0 Å². The SMILES string of the molecule is C=C/C=C\C(=N)C(=C)/C=C\C(=N)C1=Cc2c(c(-c3ccc(-c4ccccc4)cc3)c3ccccc3c2-c2ccc(C3=CCCC=C3)cc2)CC1. The minimum atomic E-state index is 0.302. The van der Waals surface area contributed by atoms with Gasteiger partial charge in [-0.15, -0.1) is 0 Å². The Bertz CT molecular complexity index is 2290. The molecule has 0 aliphatic heterocycles. The van der Waals surface area contributed by atoms with E-state index in [1.165, 1.54) is 66.4 Å². The lowest BCUT2D eigenvalue weighted by Crippen LogP contribution is -2.09. The first-order chi connectivity index (χ1) is 24.5. The van der Waals surface area contributed by atoms with Crippen LogP contribution in [0.25, 0.3) is 55.8 Å². The molecule has 242 valence electrons. The van der Waals surface area contributed by atoms with Crippen molar-refractivity contribution < 1.29 is 0 Å². The molecule has 0 heterocycles. The van der Waals surface area contributed by atoms with Crippen molar-refractivity contribution in [2.75, 3.05) is 0 Å². The molecule has 0 spiro atoms. The minimum absolute atomic E-state index is 0.302. The van der Waals surface area contributed by atoms with Crippen LogP contribution >= 0.6 is 0 Å². The number of benzene rings is 5. The summed E-state index contributed by atoms with van der Waals surface area (Å²) in [5.74, 6) is 0. The monoisotopic (exact) mass is 644 g/mol. The number of hydrogen-bond acceptors (Lipinski definition) is 2. The van der Waals surface area contributed by atoms with E-state index in [9.17, 15) is 0 Å². The van der Waals surface area contributed by atoms with Gasteiger partial charge in [-0.3, -0.25) is 0 Å². The highest BCUT2D eigenvalue weighted by atomic mass is 14.4. The van der Waals surface area contributed by atoms with Gasteiger partial charge in [0.15, 0.2) is 0 Å². The zero-order valence-electron chi connectivity index (χ0n) is 28.3. The fourth-order valence-electron chi connectivity index (χ4n) is 7.06. The molecule has 0 saturated carbocycles. The van der Waals surface area contributed by atoms with E-state index in [0.29, 0.717) is 17.0 Å². The molecule has 5 aromatic rings. The Kier molecular flexibility index (Phi) is 9.44. The maximum Gasteiger partial charge on any atom is 0.0606 e. The predicted molar refractivity (Wildman–Crippen MR) is 216 cm³/mol. The molecule has 2 heteroatoms. The number of nitrogens with one attached hydrogen (secondary N) is 2. The molecular formula is C48H40N2. The molecule has 2 nitrogen and oxygen atoms in total. The molecule has 5 aromatic carbocycles. The Labute approximate surface area is 295 Å². The standard InChI is InChI=1S/C48H40N2/c1-3-4-19-45(49)33(2)20-31-46(50)40-29-30-43-44(32-40)48(39-27-23-37(24-28-39)35-15-9-6-10-16-35)42-18-12-11-17-41(42)47(43)38-25-21-36(22-26-38)34-13-7-5-8-14-34/h3-5,7-9,11-28,31-32,49-50H,1-2,6,10,29-30H2/b19-4-,31-20-,49-45?,50-46?. The van der Waals surface area contributed by atoms with Crippen molar-refractivity contribution in [3.8, 4) is 33.4 Å². The first-order valence-corrected chi connectivity index (χ1v) is 17.3. The minimum Gasteiger partial charge on any atom is -0.301 e. The Hall–Kier alpha value is -6.12. The second-order valence-corrected chi connectivity index (χ2v) is 12.8. The van der Waals surface area contributed by atoms with Gasteiger partial charge in [0.2, 0.25) is 0 Å². The van der Waals surface area contributed by atoms with Crippen molar-refractivity contribution in [3.05, 3.63) is 193 Å². The Morgan fingerprint density at radius 1 is 0.620 bits per heavy atom. The van der Waals surface area contributed by atoms with E-state index in [1.54, 1.807) is 30.4 Å². The maximum absolute atomic E-state index is 9.09. The van der Waals surface area contributed by atoms with Crippen LogP contribution in [0.2, 0.25) is 0 Å². The second kappa shape index (κ2) is 14.6. The predicted octanol–water partition coefficient (Wildman–Crippen LogP) is 12.8. The number of rotatable bonds is 10. The molecule has 0 atom stereocenters. The van der Waals surface area contributed by atoms with E-state index in [1.807, 2.05) is 0 Å². The molecule has 2 N–H and O–H groups in total. The number of fused-ring (bicyclic) bond motifs is 2. The molecular weight excluding hydrogens is 605 g/mol. The summed E-state index contributed by atoms with van der Waals surface area (Å²) in [6, 6.07) is 37.3. The fourth-order valence-corrected chi connectivity index (χ4v) is 7.06. The van der Waals surface area contributed by atoms with Crippen molar-refractivity contribution in [1.82, 2.24) is 0 Å². The van der Waals surface area contributed by atoms with Crippen molar-refractivity contribution in [3.63, 3.8) is 0 Å². The van der Waals surface area contributed by atoms with Gasteiger partial charge in [0.05, 0.1) is 11.4 Å². The fraction of sp³-hybridized carbons (Fsp3) is 0.0833. The third-order valence-electron chi connectivity index (χ3n) is 9.65. The first-order valence-electron chi connectivity index (χ1n) is 17.3. The quantitative estimate of drug-likeness (QED) is 0.112. The summed E-state index contributed by atoms with van der Waals surface area (Å²) in [6.45, 7) is 7.72. The molecule has 0 fully saturated rings. The molecule has 7 rings (SSSR count). The lowest BCUT2D eigenvalue weighted by Gasteiger charge is -2.26. The van der Waals surface area contributed by atoms with Crippen LogP contribution in [-0.4, -0.2) is 11.4 Å². The summed E-state index contributed by atoms with van der Waals surface area (Å²) >= 11 is 0. The lowest BCUT2D eigenvalue weighted by atomic mass is 9.78. The van der Waals surface area contributed by atoms with Gasteiger partial charge in [-0.05, 0) is 121 Å². The van der Waals surface area contributed by atoms with E-state index in [-0.39, 0.29) is 0 Å². The van der Waals surface area contributed by atoms with E-state index in [0.717, 1.165) is 31.3 Å². The summed E-state index contributed by atoms with van der Waals surface area (Å²) in [5, 5.41) is 19.8. The van der Waals surface area contributed by atoms with Crippen LogP contribution in [0.3, 0.4) is 0 Å². The Morgan fingerprint density at radius 3 is 1.92 bits per heavy atom. The van der Waals surface area contributed by atoms with Crippen LogP contribution in [0.4, 0.5) is 0 Å². The van der Waals surface area contributed by atoms with Crippen molar-refractivity contribution in [2.45, 2.75) is 25.7 Å². The molecule has 0 amide bonds. The van der Waals surface area contributed by atoms with Crippen LogP contribution in [0.15, 0.2) is 176 Å². The third kappa shape index (κ3) is 6.61. The van der Waals surface area contributed by atoms with Crippen LogP contribution in [0.5, 0.6) is 0 Å². The maximum atomic E-state index is 9.09. The first kappa shape index (κ1) is 32.4. The molecule has 0 aromatic heterocycles. The summed E-state index contributed by atoms with van der Waals surface area (Å²) in [7, 11) is 0. The summed E-state index contributed by atoms with van der Waals surface area (Å²) in [5.41, 5.74) is 14.5. The van der Waals surface area contributed by atoms with E-state index in [2.05, 4.69) is 141 Å². The molecule has 0 bridgehead atoms. The van der Waals surface area contributed by atoms with E-state index < -0.39 is 0 Å². The van der Waals surface area contributed by atoms with E-state index in [4.69, 9.17) is 10.8 Å². The second-order valence-electron chi connectivity index (χ2n) is 12.8. The van der Waals surface area contributed by atoms with E-state index >= 15 is 0 Å². The van der Waals surface area contributed by atoms with Crippen LogP contribution < -0.4 is 0 Å². The zero-order chi connectivity index (χ0) is 34.5. The summed E-state index contributed by atoms with van der Waals surface area (Å²) in [4.78, 5) is 0. The molecule has 0 unspecified atom stereocenters. The van der Waals surface area contributed by atoms with Gasteiger partial charge < -0.3 is 10.8 Å². The van der Waals surface area contributed by atoms with Crippen LogP contribution in [0, 0.1) is 10.8 Å². The summed E-state index contributed by atoms with van der Waals surface area (Å²) in [6.07, 6.45) is 21.4. The van der Waals surface area contributed by atoms with Gasteiger partial charge in [0.1, 0.15) is 0 Å². The molecule has 0 radical (unpaired) electrons. The smallest absolute Gasteiger partial charge is 0.0606 e. The Morgan fingerprint density at radius 2 is 1.24 bits per heavy atom. The molecule has 0 saturated heterocycles. The van der Waals surface area contributed by atoms with Crippen LogP contribution in [0.1, 0.15) is 36.0 Å². The van der Waals surface area contributed by atoms with Crippen LogP contribution in [-0.2, 0) is 6.42 Å². The van der Waals surface area contributed by atoms with Crippen molar-refractivity contribution in [1.29, 1.82) is 10.8 Å².